The number of ether oxygens (including phenoxy) is 1. The largest absolute Gasteiger partial charge is 0.497 e. The highest BCUT2D eigenvalue weighted by Gasteiger charge is 2.21. The fourth-order valence-electron chi connectivity index (χ4n) is 3.20. The van der Waals surface area contributed by atoms with Crippen molar-refractivity contribution in [2.75, 3.05) is 23.9 Å². The average molecular weight is 361 g/mol. The molecule has 3 aromatic rings. The number of anilines is 2. The number of hydrogen-bond acceptors (Lipinski definition) is 4. The second-order valence-electron chi connectivity index (χ2n) is 6.41. The van der Waals surface area contributed by atoms with Gasteiger partial charge in [0.05, 0.1) is 12.6 Å². The molecule has 27 heavy (non-hydrogen) atoms. The summed E-state index contributed by atoms with van der Waals surface area (Å²) in [6.45, 7) is 0.746. The van der Waals surface area contributed by atoms with E-state index < -0.39 is 0 Å². The van der Waals surface area contributed by atoms with Crippen LogP contribution in [0.1, 0.15) is 23.3 Å². The van der Waals surface area contributed by atoms with Crippen molar-refractivity contribution < 1.29 is 14.3 Å². The molecule has 1 N–H and O–H groups in total. The molecular formula is C21H19N3O3. The Morgan fingerprint density at radius 1 is 1.11 bits per heavy atom. The summed E-state index contributed by atoms with van der Waals surface area (Å²) in [6, 6.07) is 16.3. The second kappa shape index (κ2) is 7.07. The maximum absolute atomic E-state index is 12.5. The van der Waals surface area contributed by atoms with Crippen molar-refractivity contribution in [1.29, 1.82) is 0 Å². The van der Waals surface area contributed by atoms with Gasteiger partial charge in [-0.15, -0.1) is 0 Å². The van der Waals surface area contributed by atoms with Crippen LogP contribution in [0.25, 0.3) is 10.9 Å². The molecule has 0 atom stereocenters. The lowest BCUT2D eigenvalue weighted by atomic mass is 10.2. The van der Waals surface area contributed by atoms with Crippen molar-refractivity contribution in [3.63, 3.8) is 0 Å². The number of nitrogens with zero attached hydrogens (tertiary/aromatic N) is 2. The van der Waals surface area contributed by atoms with E-state index in [0.29, 0.717) is 17.8 Å². The Bertz CT molecular complexity index is 1010. The molecule has 0 radical (unpaired) electrons. The molecule has 0 unspecified atom stereocenters. The number of nitrogens with one attached hydrogen (secondary N) is 1. The molecule has 1 aliphatic rings. The summed E-state index contributed by atoms with van der Waals surface area (Å²) in [4.78, 5) is 30.5. The van der Waals surface area contributed by atoms with E-state index in [2.05, 4.69) is 10.3 Å². The van der Waals surface area contributed by atoms with Gasteiger partial charge in [-0.2, -0.15) is 0 Å². The van der Waals surface area contributed by atoms with Gasteiger partial charge in [0.1, 0.15) is 11.4 Å². The van der Waals surface area contributed by atoms with E-state index >= 15 is 0 Å². The van der Waals surface area contributed by atoms with Crippen LogP contribution in [-0.2, 0) is 4.79 Å². The maximum Gasteiger partial charge on any atom is 0.274 e. The molecule has 0 spiro atoms. The Hall–Kier alpha value is -3.41. The van der Waals surface area contributed by atoms with Gasteiger partial charge in [0.25, 0.3) is 5.91 Å². The summed E-state index contributed by atoms with van der Waals surface area (Å²) in [5.41, 5.74) is 2.58. The summed E-state index contributed by atoms with van der Waals surface area (Å²) in [6.07, 6.45) is 1.48. The molecule has 1 saturated heterocycles. The topological polar surface area (TPSA) is 71.5 Å². The Balaban J connectivity index is 1.50. The quantitative estimate of drug-likeness (QED) is 0.770. The zero-order valence-electron chi connectivity index (χ0n) is 14.9. The molecule has 1 fully saturated rings. The molecule has 6 heteroatoms. The highest BCUT2D eigenvalue weighted by Crippen LogP contribution is 2.24. The number of hydrogen-bond donors (Lipinski definition) is 1. The predicted molar refractivity (Wildman–Crippen MR) is 104 cm³/mol. The first-order valence-corrected chi connectivity index (χ1v) is 8.80. The van der Waals surface area contributed by atoms with Gasteiger partial charge in [-0.1, -0.05) is 6.07 Å². The van der Waals surface area contributed by atoms with Crippen molar-refractivity contribution in [3.05, 3.63) is 60.3 Å². The van der Waals surface area contributed by atoms with Crippen molar-refractivity contribution >= 4 is 34.1 Å². The number of aromatic nitrogens is 1. The minimum atomic E-state index is -0.280. The third kappa shape index (κ3) is 3.46. The molecule has 2 heterocycles. The zero-order chi connectivity index (χ0) is 18.8. The molecule has 4 rings (SSSR count). The van der Waals surface area contributed by atoms with Gasteiger partial charge in [-0.3, -0.25) is 9.59 Å². The lowest BCUT2D eigenvalue weighted by Gasteiger charge is -2.16. The number of benzene rings is 2. The normalized spacial score (nSPS) is 13.8. The van der Waals surface area contributed by atoms with Gasteiger partial charge in [0.15, 0.2) is 0 Å². The number of rotatable bonds is 4. The zero-order valence-corrected chi connectivity index (χ0v) is 14.9. The van der Waals surface area contributed by atoms with Crippen molar-refractivity contribution in [1.82, 2.24) is 4.98 Å². The molecule has 0 bridgehead atoms. The van der Waals surface area contributed by atoms with Gasteiger partial charge in [-0.25, -0.2) is 4.98 Å². The Labute approximate surface area is 156 Å². The van der Waals surface area contributed by atoms with Crippen LogP contribution in [0.4, 0.5) is 11.4 Å². The van der Waals surface area contributed by atoms with Crippen LogP contribution < -0.4 is 15.0 Å². The minimum Gasteiger partial charge on any atom is -0.497 e. The number of fused-ring (bicyclic) bond motifs is 1. The first-order chi connectivity index (χ1) is 13.1. The van der Waals surface area contributed by atoms with E-state index in [0.717, 1.165) is 35.3 Å². The molecule has 0 saturated carbocycles. The van der Waals surface area contributed by atoms with Crippen LogP contribution in [0.3, 0.4) is 0 Å². The third-order valence-electron chi connectivity index (χ3n) is 4.64. The highest BCUT2D eigenvalue weighted by atomic mass is 16.5. The van der Waals surface area contributed by atoms with E-state index in [9.17, 15) is 9.59 Å². The van der Waals surface area contributed by atoms with E-state index in [1.54, 1.807) is 30.2 Å². The van der Waals surface area contributed by atoms with E-state index in [1.165, 1.54) is 0 Å². The Kier molecular flexibility index (Phi) is 4.46. The molecular weight excluding hydrogens is 342 g/mol. The molecule has 1 aliphatic heterocycles. The van der Waals surface area contributed by atoms with Crippen LogP contribution in [0.5, 0.6) is 5.75 Å². The maximum atomic E-state index is 12.5. The number of carbonyl (C=O) groups is 2. The fourth-order valence-corrected chi connectivity index (χ4v) is 3.20. The van der Waals surface area contributed by atoms with Crippen LogP contribution >= 0.6 is 0 Å². The van der Waals surface area contributed by atoms with Gasteiger partial charge < -0.3 is 15.0 Å². The summed E-state index contributed by atoms with van der Waals surface area (Å²) >= 11 is 0. The van der Waals surface area contributed by atoms with E-state index in [-0.39, 0.29) is 11.8 Å². The molecule has 6 nitrogen and oxygen atoms in total. The summed E-state index contributed by atoms with van der Waals surface area (Å²) in [7, 11) is 1.61. The SMILES string of the molecule is COc1ccc2nc(C(=O)Nc3ccc(N4CCCC4=O)cc3)ccc2c1. The first-order valence-electron chi connectivity index (χ1n) is 8.80. The summed E-state index contributed by atoms with van der Waals surface area (Å²) in [5.74, 6) is 0.611. The standard InChI is InChI=1S/C21H19N3O3/c1-27-17-9-11-18-14(13-17)4-10-19(23-18)21(26)22-15-5-7-16(8-6-15)24-12-2-3-20(24)25/h4-11,13H,2-3,12H2,1H3,(H,22,26). The number of carbonyl (C=O) groups excluding carboxylic acids is 2. The van der Waals surface area contributed by atoms with Crippen molar-refractivity contribution in [2.45, 2.75) is 12.8 Å². The first kappa shape index (κ1) is 17.0. The number of pyridine rings is 1. The summed E-state index contributed by atoms with van der Waals surface area (Å²) < 4.78 is 5.20. The summed E-state index contributed by atoms with van der Waals surface area (Å²) in [5, 5.41) is 3.75. The van der Waals surface area contributed by atoms with Crippen LogP contribution in [0.2, 0.25) is 0 Å². The minimum absolute atomic E-state index is 0.142. The number of amides is 2. The van der Waals surface area contributed by atoms with Crippen LogP contribution in [0, 0.1) is 0 Å². The molecule has 0 aliphatic carbocycles. The van der Waals surface area contributed by atoms with Gasteiger partial charge in [-0.05, 0) is 55.0 Å². The van der Waals surface area contributed by atoms with Gasteiger partial charge in [0, 0.05) is 29.7 Å². The molecule has 2 amide bonds. The predicted octanol–water partition coefficient (Wildman–Crippen LogP) is 3.62. The van der Waals surface area contributed by atoms with Crippen molar-refractivity contribution in [2.24, 2.45) is 0 Å². The monoisotopic (exact) mass is 361 g/mol. The van der Waals surface area contributed by atoms with Crippen LogP contribution in [0.15, 0.2) is 54.6 Å². The smallest absolute Gasteiger partial charge is 0.274 e. The molecule has 1 aromatic heterocycles. The van der Waals surface area contributed by atoms with Gasteiger partial charge in [0.2, 0.25) is 5.91 Å². The van der Waals surface area contributed by atoms with Gasteiger partial charge >= 0.3 is 0 Å². The van der Waals surface area contributed by atoms with Crippen molar-refractivity contribution in [3.8, 4) is 5.75 Å². The third-order valence-corrected chi connectivity index (χ3v) is 4.64. The molecule has 2 aromatic carbocycles. The second-order valence-corrected chi connectivity index (χ2v) is 6.41. The Morgan fingerprint density at radius 2 is 1.93 bits per heavy atom. The van der Waals surface area contributed by atoms with Crippen LogP contribution in [-0.4, -0.2) is 30.5 Å². The Morgan fingerprint density at radius 3 is 2.63 bits per heavy atom. The average Bonchev–Trinajstić information content (AvgIpc) is 3.13. The van der Waals surface area contributed by atoms with E-state index in [4.69, 9.17) is 4.74 Å². The lowest BCUT2D eigenvalue weighted by Crippen LogP contribution is -2.23. The fraction of sp³-hybridized carbons (Fsp3) is 0.190. The highest BCUT2D eigenvalue weighted by molar-refractivity contribution is 6.04. The number of methoxy groups -OCH3 is 1. The molecule has 136 valence electrons. The lowest BCUT2D eigenvalue weighted by molar-refractivity contribution is -0.117. The van der Waals surface area contributed by atoms with E-state index in [1.807, 2.05) is 36.4 Å².